The number of hydrogen-bond donors (Lipinski definition) is 4. The topological polar surface area (TPSA) is 104 Å². The molecule has 7 heteroatoms. The number of amides is 1. The summed E-state index contributed by atoms with van der Waals surface area (Å²) in [6.45, 7) is 0. The summed E-state index contributed by atoms with van der Waals surface area (Å²) in [6, 6.07) is 4.75. The molecule has 0 aliphatic rings. The molecule has 2 aromatic rings. The molecular weight excluding hydrogens is 335 g/mol. The number of H-pyrrole nitrogens is 1. The Morgan fingerprint density at radius 2 is 2.29 bits per heavy atom. The van der Waals surface area contributed by atoms with E-state index in [1.54, 1.807) is 12.1 Å². The highest BCUT2D eigenvalue weighted by molar-refractivity contribution is 14.1. The van der Waals surface area contributed by atoms with E-state index in [0.717, 1.165) is 3.57 Å². The van der Waals surface area contributed by atoms with Crippen molar-refractivity contribution in [1.82, 2.24) is 10.2 Å². The van der Waals surface area contributed by atoms with Crippen LogP contribution in [-0.2, 0) is 0 Å². The van der Waals surface area contributed by atoms with Gasteiger partial charge in [0, 0.05) is 3.57 Å². The van der Waals surface area contributed by atoms with E-state index < -0.39 is 5.91 Å². The van der Waals surface area contributed by atoms with E-state index in [1.807, 2.05) is 0 Å². The Morgan fingerprint density at radius 1 is 1.53 bits per heavy atom. The number of carbonyl (C=O) groups excluding carboxylic acids is 1. The van der Waals surface area contributed by atoms with Crippen molar-refractivity contribution >= 4 is 40.0 Å². The highest BCUT2D eigenvalue weighted by Crippen LogP contribution is 2.21. The van der Waals surface area contributed by atoms with E-state index in [0.29, 0.717) is 11.5 Å². The van der Waals surface area contributed by atoms with Crippen LogP contribution in [0.2, 0.25) is 0 Å². The fourth-order valence-corrected chi connectivity index (χ4v) is 1.76. The minimum Gasteiger partial charge on any atom is -0.507 e. The Labute approximate surface area is 110 Å². The van der Waals surface area contributed by atoms with Crippen molar-refractivity contribution in [3.05, 3.63) is 33.5 Å². The monoisotopic (exact) mass is 344 g/mol. The first-order chi connectivity index (χ1) is 8.08. The predicted molar refractivity (Wildman–Crippen MR) is 71.8 cm³/mol. The summed E-state index contributed by atoms with van der Waals surface area (Å²) >= 11 is 2.06. The molecule has 0 radical (unpaired) electrons. The quantitative estimate of drug-likeness (QED) is 0.621. The molecule has 1 amide bonds. The van der Waals surface area contributed by atoms with Crippen LogP contribution >= 0.6 is 22.6 Å². The highest BCUT2D eigenvalue weighted by atomic mass is 127. The van der Waals surface area contributed by atoms with Crippen LogP contribution in [0.1, 0.15) is 10.4 Å². The van der Waals surface area contributed by atoms with Gasteiger partial charge in [-0.15, -0.1) is 0 Å². The lowest BCUT2D eigenvalue weighted by atomic mass is 10.2. The largest absolute Gasteiger partial charge is 0.507 e. The molecule has 1 aromatic heterocycles. The van der Waals surface area contributed by atoms with E-state index in [9.17, 15) is 9.90 Å². The maximum Gasteiger partial charge on any atom is 0.260 e. The molecule has 0 spiro atoms. The average Bonchev–Trinajstić information content (AvgIpc) is 2.68. The number of phenolic OH excluding ortho intramolecular Hbond substituents is 1. The van der Waals surface area contributed by atoms with Crippen molar-refractivity contribution in [3.63, 3.8) is 0 Å². The van der Waals surface area contributed by atoms with Gasteiger partial charge in [-0.05, 0) is 40.8 Å². The molecule has 0 saturated carbocycles. The number of aromatic hydroxyl groups is 1. The Kier molecular flexibility index (Phi) is 3.18. The zero-order chi connectivity index (χ0) is 12.4. The van der Waals surface area contributed by atoms with Crippen LogP contribution in [0.4, 0.5) is 11.5 Å². The third-order valence-electron chi connectivity index (χ3n) is 2.11. The predicted octanol–water partition coefficient (Wildman–Crippen LogP) is 1.55. The van der Waals surface area contributed by atoms with E-state index in [4.69, 9.17) is 5.73 Å². The number of aromatic nitrogens is 2. The summed E-state index contributed by atoms with van der Waals surface area (Å²) in [5.41, 5.74) is 6.08. The molecule has 1 heterocycles. The number of nitrogen functional groups attached to an aromatic ring is 1. The Bertz CT molecular complexity index is 567. The lowest BCUT2D eigenvalue weighted by Gasteiger charge is -2.06. The molecule has 2 rings (SSSR count). The van der Waals surface area contributed by atoms with Crippen molar-refractivity contribution < 1.29 is 9.90 Å². The lowest BCUT2D eigenvalue weighted by Crippen LogP contribution is -2.13. The van der Waals surface area contributed by atoms with Gasteiger partial charge in [-0.25, -0.2) is 0 Å². The number of halogens is 1. The van der Waals surface area contributed by atoms with Crippen molar-refractivity contribution in [2.75, 3.05) is 11.1 Å². The van der Waals surface area contributed by atoms with Crippen LogP contribution in [0.15, 0.2) is 24.4 Å². The highest BCUT2D eigenvalue weighted by Gasteiger charge is 2.13. The van der Waals surface area contributed by atoms with Crippen molar-refractivity contribution in [2.45, 2.75) is 0 Å². The number of anilines is 2. The molecular formula is C10H9IN4O2. The molecule has 0 saturated heterocycles. The molecule has 0 atom stereocenters. The van der Waals surface area contributed by atoms with Crippen LogP contribution in [-0.4, -0.2) is 21.2 Å². The number of nitrogens with two attached hydrogens (primary N) is 1. The molecule has 6 nitrogen and oxygen atoms in total. The van der Waals surface area contributed by atoms with Crippen molar-refractivity contribution in [2.24, 2.45) is 0 Å². The summed E-state index contributed by atoms with van der Waals surface area (Å²) in [4.78, 5) is 11.9. The number of aromatic amines is 1. The van der Waals surface area contributed by atoms with E-state index in [1.165, 1.54) is 12.3 Å². The third kappa shape index (κ3) is 2.49. The number of phenols is 1. The van der Waals surface area contributed by atoms with Gasteiger partial charge in [-0.2, -0.15) is 5.10 Å². The number of benzene rings is 1. The smallest absolute Gasteiger partial charge is 0.260 e. The van der Waals surface area contributed by atoms with Gasteiger partial charge in [0.05, 0.1) is 17.4 Å². The number of carbonyl (C=O) groups is 1. The van der Waals surface area contributed by atoms with Crippen LogP contribution in [0.25, 0.3) is 0 Å². The van der Waals surface area contributed by atoms with Gasteiger partial charge >= 0.3 is 0 Å². The third-order valence-corrected chi connectivity index (χ3v) is 2.78. The Balaban J connectivity index is 2.26. The molecule has 88 valence electrons. The Hall–Kier alpha value is -1.77. The SMILES string of the molecule is Nc1cn[nH]c1NC(=O)c1cc(I)ccc1O. The van der Waals surface area contributed by atoms with Gasteiger partial charge in [0.2, 0.25) is 0 Å². The lowest BCUT2D eigenvalue weighted by molar-refractivity contribution is 0.102. The molecule has 0 bridgehead atoms. The van der Waals surface area contributed by atoms with Crippen LogP contribution < -0.4 is 11.1 Å². The summed E-state index contributed by atoms with van der Waals surface area (Å²) in [5.74, 6) is -0.216. The molecule has 17 heavy (non-hydrogen) atoms. The first-order valence-corrected chi connectivity index (χ1v) is 5.74. The minimum absolute atomic E-state index is 0.0824. The normalized spacial score (nSPS) is 10.2. The molecule has 0 unspecified atom stereocenters. The van der Waals surface area contributed by atoms with Gasteiger partial charge in [0.25, 0.3) is 5.91 Å². The first kappa shape index (κ1) is 11.7. The van der Waals surface area contributed by atoms with Crippen LogP contribution in [0.3, 0.4) is 0 Å². The van der Waals surface area contributed by atoms with E-state index in [-0.39, 0.29) is 11.3 Å². The van der Waals surface area contributed by atoms with Crippen molar-refractivity contribution in [3.8, 4) is 5.75 Å². The number of hydrogen-bond acceptors (Lipinski definition) is 4. The number of rotatable bonds is 2. The summed E-state index contributed by atoms with van der Waals surface area (Å²) < 4.78 is 0.850. The van der Waals surface area contributed by atoms with E-state index in [2.05, 4.69) is 38.1 Å². The van der Waals surface area contributed by atoms with Crippen LogP contribution in [0.5, 0.6) is 5.75 Å². The minimum atomic E-state index is -0.447. The molecule has 0 aliphatic heterocycles. The molecule has 0 fully saturated rings. The fourth-order valence-electron chi connectivity index (χ4n) is 1.27. The fraction of sp³-hybridized carbons (Fsp3) is 0. The van der Waals surface area contributed by atoms with Gasteiger partial charge in [0.1, 0.15) is 5.75 Å². The maximum atomic E-state index is 11.9. The first-order valence-electron chi connectivity index (χ1n) is 4.66. The number of nitrogens with zero attached hydrogens (tertiary/aromatic N) is 1. The summed E-state index contributed by atoms with van der Waals surface area (Å²) in [7, 11) is 0. The molecule has 0 aliphatic carbocycles. The number of nitrogens with one attached hydrogen (secondary N) is 2. The maximum absolute atomic E-state index is 11.9. The van der Waals surface area contributed by atoms with Gasteiger partial charge in [-0.1, -0.05) is 0 Å². The molecule has 1 aromatic carbocycles. The zero-order valence-corrected chi connectivity index (χ0v) is 10.7. The Morgan fingerprint density at radius 3 is 2.94 bits per heavy atom. The van der Waals surface area contributed by atoms with Gasteiger partial charge in [0.15, 0.2) is 5.82 Å². The average molecular weight is 344 g/mol. The zero-order valence-electron chi connectivity index (χ0n) is 8.57. The summed E-state index contributed by atoms with van der Waals surface area (Å²) in [5, 5.41) is 18.3. The second kappa shape index (κ2) is 4.62. The second-order valence-corrected chi connectivity index (χ2v) is 4.56. The van der Waals surface area contributed by atoms with Crippen molar-refractivity contribution in [1.29, 1.82) is 0 Å². The standard InChI is InChI=1S/C10H9IN4O2/c11-5-1-2-8(16)6(3-5)10(17)14-9-7(12)4-13-15-9/h1-4,16H,12H2,(H2,13,14,15,17). The molecule has 5 N–H and O–H groups in total. The summed E-state index contributed by atoms with van der Waals surface area (Å²) in [6.07, 6.45) is 1.39. The van der Waals surface area contributed by atoms with Gasteiger partial charge < -0.3 is 16.2 Å². The second-order valence-electron chi connectivity index (χ2n) is 3.32. The van der Waals surface area contributed by atoms with E-state index >= 15 is 0 Å². The van der Waals surface area contributed by atoms with Crippen LogP contribution in [0, 0.1) is 3.57 Å². The van der Waals surface area contributed by atoms with Gasteiger partial charge in [-0.3, -0.25) is 9.89 Å².